The van der Waals surface area contributed by atoms with Gasteiger partial charge in [0.1, 0.15) is 6.10 Å². The fourth-order valence-electron chi connectivity index (χ4n) is 2.28. The van der Waals surface area contributed by atoms with Crippen molar-refractivity contribution in [3.8, 4) is 5.88 Å². The van der Waals surface area contributed by atoms with Gasteiger partial charge in [0.15, 0.2) is 0 Å². The number of rotatable bonds is 5. The fourth-order valence-corrected chi connectivity index (χ4v) is 2.39. The first kappa shape index (κ1) is 16.3. The van der Waals surface area contributed by atoms with Crippen LogP contribution in [0.15, 0.2) is 48.7 Å². The number of likely N-dealkylation sites (tertiary alicyclic amines) is 1. The van der Waals surface area contributed by atoms with Crippen LogP contribution < -0.4 is 10.1 Å². The number of pyridine rings is 1. The molecule has 24 heavy (non-hydrogen) atoms. The Morgan fingerprint density at radius 2 is 1.96 bits per heavy atom. The number of carbonyl (C=O) groups excluding carboxylic acids is 2. The molecule has 2 amide bonds. The zero-order chi connectivity index (χ0) is 16.9. The minimum Gasteiger partial charge on any atom is -0.471 e. The van der Waals surface area contributed by atoms with E-state index in [1.54, 1.807) is 41.3 Å². The van der Waals surface area contributed by atoms with Gasteiger partial charge in [-0.15, -0.1) is 0 Å². The van der Waals surface area contributed by atoms with Crippen LogP contribution in [0.4, 0.5) is 0 Å². The van der Waals surface area contributed by atoms with Gasteiger partial charge in [-0.1, -0.05) is 29.8 Å². The number of aromatic nitrogens is 1. The molecule has 0 bridgehead atoms. The Hall–Kier alpha value is -2.60. The number of carbonyl (C=O) groups is 2. The van der Waals surface area contributed by atoms with Crippen LogP contribution in [-0.4, -0.2) is 47.4 Å². The second kappa shape index (κ2) is 7.31. The van der Waals surface area contributed by atoms with Crippen LogP contribution in [0, 0.1) is 0 Å². The Bertz CT molecular complexity index is 716. The average molecular weight is 346 g/mol. The van der Waals surface area contributed by atoms with Gasteiger partial charge in [0.25, 0.3) is 5.91 Å². The summed E-state index contributed by atoms with van der Waals surface area (Å²) in [4.78, 5) is 29.6. The molecule has 0 aliphatic carbocycles. The molecule has 1 saturated heterocycles. The Balaban J connectivity index is 1.40. The zero-order valence-electron chi connectivity index (χ0n) is 12.8. The van der Waals surface area contributed by atoms with E-state index in [0.29, 0.717) is 29.6 Å². The van der Waals surface area contributed by atoms with Crippen molar-refractivity contribution in [2.24, 2.45) is 0 Å². The third-order valence-corrected chi connectivity index (χ3v) is 3.85. The van der Waals surface area contributed by atoms with Crippen molar-refractivity contribution in [3.05, 3.63) is 59.2 Å². The van der Waals surface area contributed by atoms with Gasteiger partial charge in [0, 0.05) is 17.8 Å². The lowest BCUT2D eigenvalue weighted by Crippen LogP contribution is -2.58. The van der Waals surface area contributed by atoms with Crippen molar-refractivity contribution in [2.75, 3.05) is 19.6 Å². The monoisotopic (exact) mass is 345 g/mol. The molecule has 124 valence electrons. The number of ether oxygens (including phenoxy) is 1. The van der Waals surface area contributed by atoms with Gasteiger partial charge in [-0.3, -0.25) is 9.59 Å². The molecule has 0 spiro atoms. The Labute approximate surface area is 144 Å². The summed E-state index contributed by atoms with van der Waals surface area (Å²) in [5.74, 6) is 0.0831. The molecule has 1 aromatic carbocycles. The minimum absolute atomic E-state index is 0.0281. The van der Waals surface area contributed by atoms with Gasteiger partial charge in [-0.05, 0) is 18.2 Å². The second-order valence-corrected chi connectivity index (χ2v) is 5.84. The molecule has 7 heteroatoms. The number of nitrogens with one attached hydrogen (secondary N) is 1. The molecule has 1 aromatic heterocycles. The normalized spacial score (nSPS) is 14.0. The maximum Gasteiger partial charge on any atom is 0.251 e. The summed E-state index contributed by atoms with van der Waals surface area (Å²) in [6.07, 6.45) is 1.42. The summed E-state index contributed by atoms with van der Waals surface area (Å²) < 4.78 is 5.63. The van der Waals surface area contributed by atoms with E-state index >= 15 is 0 Å². The molecular formula is C17H16ClN3O3. The average Bonchev–Trinajstić information content (AvgIpc) is 2.57. The largest absolute Gasteiger partial charge is 0.471 e. The Morgan fingerprint density at radius 1 is 1.21 bits per heavy atom. The molecule has 1 aliphatic rings. The van der Waals surface area contributed by atoms with E-state index in [1.165, 1.54) is 6.20 Å². The maximum absolute atomic E-state index is 12.0. The fraction of sp³-hybridized carbons (Fsp3) is 0.235. The van der Waals surface area contributed by atoms with Gasteiger partial charge in [0.2, 0.25) is 11.8 Å². The molecule has 6 nitrogen and oxygen atoms in total. The molecule has 0 radical (unpaired) electrons. The molecule has 1 aliphatic heterocycles. The number of hydrogen-bond acceptors (Lipinski definition) is 4. The molecular weight excluding hydrogens is 330 g/mol. The summed E-state index contributed by atoms with van der Waals surface area (Å²) in [7, 11) is 0. The van der Waals surface area contributed by atoms with E-state index in [1.807, 2.05) is 6.07 Å². The van der Waals surface area contributed by atoms with Crippen molar-refractivity contribution in [1.29, 1.82) is 0 Å². The van der Waals surface area contributed by atoms with Crippen molar-refractivity contribution in [1.82, 2.24) is 15.2 Å². The van der Waals surface area contributed by atoms with Crippen LogP contribution in [-0.2, 0) is 4.79 Å². The molecule has 0 saturated carbocycles. The van der Waals surface area contributed by atoms with Crippen LogP contribution in [0.25, 0.3) is 0 Å². The molecule has 1 N–H and O–H groups in total. The first-order chi connectivity index (χ1) is 11.6. The SMILES string of the molecule is O=C(NCC(=O)N1CC(Oc2ccc(Cl)cn2)C1)c1ccccc1. The molecule has 2 aromatic rings. The third-order valence-electron chi connectivity index (χ3n) is 3.62. The lowest BCUT2D eigenvalue weighted by molar-refractivity contribution is -0.138. The molecule has 2 heterocycles. The zero-order valence-corrected chi connectivity index (χ0v) is 13.6. The number of amides is 2. The van der Waals surface area contributed by atoms with Crippen LogP contribution in [0.2, 0.25) is 5.02 Å². The van der Waals surface area contributed by atoms with Gasteiger partial charge >= 0.3 is 0 Å². The number of nitrogens with zero attached hydrogens (tertiary/aromatic N) is 2. The predicted octanol–water partition coefficient (Wildman–Crippen LogP) is 1.75. The summed E-state index contributed by atoms with van der Waals surface area (Å²) >= 11 is 5.76. The van der Waals surface area contributed by atoms with E-state index in [9.17, 15) is 9.59 Å². The van der Waals surface area contributed by atoms with Gasteiger partial charge in [0.05, 0.1) is 24.7 Å². The minimum atomic E-state index is -0.261. The van der Waals surface area contributed by atoms with Crippen molar-refractivity contribution < 1.29 is 14.3 Å². The third kappa shape index (κ3) is 4.02. The maximum atomic E-state index is 12.0. The molecule has 0 atom stereocenters. The molecule has 1 fully saturated rings. The van der Waals surface area contributed by atoms with Crippen molar-refractivity contribution in [3.63, 3.8) is 0 Å². The van der Waals surface area contributed by atoms with E-state index in [2.05, 4.69) is 10.3 Å². The second-order valence-electron chi connectivity index (χ2n) is 5.40. The lowest BCUT2D eigenvalue weighted by Gasteiger charge is -2.38. The molecule has 0 unspecified atom stereocenters. The lowest BCUT2D eigenvalue weighted by atomic mass is 10.1. The highest BCUT2D eigenvalue weighted by atomic mass is 35.5. The van der Waals surface area contributed by atoms with E-state index < -0.39 is 0 Å². The summed E-state index contributed by atoms with van der Waals surface area (Å²) in [5, 5.41) is 3.16. The Morgan fingerprint density at radius 3 is 2.62 bits per heavy atom. The predicted molar refractivity (Wildman–Crippen MR) is 89.0 cm³/mol. The highest BCUT2D eigenvalue weighted by molar-refractivity contribution is 6.30. The van der Waals surface area contributed by atoms with E-state index in [0.717, 1.165) is 0 Å². The van der Waals surface area contributed by atoms with E-state index in [-0.39, 0.29) is 24.5 Å². The van der Waals surface area contributed by atoms with Crippen LogP contribution >= 0.6 is 11.6 Å². The summed E-state index contributed by atoms with van der Waals surface area (Å²) in [6.45, 7) is 0.925. The first-order valence-corrected chi connectivity index (χ1v) is 7.89. The van der Waals surface area contributed by atoms with Crippen LogP contribution in [0.1, 0.15) is 10.4 Å². The Kier molecular flexibility index (Phi) is 4.96. The van der Waals surface area contributed by atoms with E-state index in [4.69, 9.17) is 16.3 Å². The van der Waals surface area contributed by atoms with Crippen molar-refractivity contribution >= 4 is 23.4 Å². The number of benzene rings is 1. The standard InChI is InChI=1S/C17H16ClN3O3/c18-13-6-7-15(19-8-13)24-14-10-21(11-14)16(22)9-20-17(23)12-4-2-1-3-5-12/h1-8,14H,9-11H2,(H,20,23). The van der Waals surface area contributed by atoms with Crippen molar-refractivity contribution in [2.45, 2.75) is 6.10 Å². The van der Waals surface area contributed by atoms with Crippen LogP contribution in [0.5, 0.6) is 5.88 Å². The smallest absolute Gasteiger partial charge is 0.251 e. The van der Waals surface area contributed by atoms with Gasteiger partial charge < -0.3 is 15.0 Å². The quantitative estimate of drug-likeness (QED) is 0.896. The van der Waals surface area contributed by atoms with Crippen LogP contribution in [0.3, 0.4) is 0 Å². The highest BCUT2D eigenvalue weighted by Gasteiger charge is 2.32. The first-order valence-electron chi connectivity index (χ1n) is 7.51. The van der Waals surface area contributed by atoms with Gasteiger partial charge in [-0.2, -0.15) is 0 Å². The molecule has 3 rings (SSSR count). The summed E-state index contributed by atoms with van der Waals surface area (Å²) in [6, 6.07) is 12.2. The number of halogens is 1. The summed E-state index contributed by atoms with van der Waals surface area (Å²) in [5.41, 5.74) is 0.531. The van der Waals surface area contributed by atoms with Gasteiger partial charge in [-0.25, -0.2) is 4.98 Å². The topological polar surface area (TPSA) is 71.5 Å². The number of hydrogen-bond donors (Lipinski definition) is 1. The highest BCUT2D eigenvalue weighted by Crippen LogP contribution is 2.17.